The molecule has 0 aliphatic carbocycles. The lowest BCUT2D eigenvalue weighted by Gasteiger charge is -2.41. The summed E-state index contributed by atoms with van der Waals surface area (Å²) in [5.41, 5.74) is 2.31. The van der Waals surface area contributed by atoms with E-state index < -0.39 is 17.7 Å². The highest BCUT2D eigenvalue weighted by Crippen LogP contribution is 2.43. The lowest BCUT2D eigenvalue weighted by Crippen LogP contribution is -2.49. The van der Waals surface area contributed by atoms with Crippen molar-refractivity contribution in [3.63, 3.8) is 0 Å². The van der Waals surface area contributed by atoms with Crippen molar-refractivity contribution in [2.75, 3.05) is 53.6 Å². The van der Waals surface area contributed by atoms with E-state index >= 15 is 8.78 Å². The quantitative estimate of drug-likeness (QED) is 0.491. The second kappa shape index (κ2) is 10.4. The van der Waals surface area contributed by atoms with E-state index in [0.717, 1.165) is 16.5 Å². The van der Waals surface area contributed by atoms with Gasteiger partial charge in [-0.15, -0.1) is 0 Å². The molecule has 1 fully saturated rings. The van der Waals surface area contributed by atoms with Crippen LogP contribution in [-0.4, -0.2) is 85.2 Å². The van der Waals surface area contributed by atoms with Crippen molar-refractivity contribution in [2.45, 2.75) is 25.4 Å². The Hall–Kier alpha value is -3.04. The zero-order chi connectivity index (χ0) is 26.3. The number of halogens is 3. The summed E-state index contributed by atoms with van der Waals surface area (Å²) in [5, 5.41) is 0.996. The summed E-state index contributed by atoms with van der Waals surface area (Å²) >= 11 is 0. The number of carbonyl (C=O) groups is 1. The van der Waals surface area contributed by atoms with Gasteiger partial charge in [0.05, 0.1) is 18.8 Å². The first kappa shape index (κ1) is 25.6. The number of likely N-dealkylation sites (N-methyl/N-ethyl adjacent to an activating group) is 1. The largest absolute Gasteiger partial charge is 0.492 e. The minimum Gasteiger partial charge on any atom is -0.492 e. The smallest absolute Gasteiger partial charge is 0.237 e. The van der Waals surface area contributed by atoms with Crippen molar-refractivity contribution in [1.82, 2.24) is 19.7 Å². The number of fused-ring (bicyclic) bond motifs is 3. The number of carbonyl (C=O) groups excluding carboxylic acids is 1. The Morgan fingerprint density at radius 2 is 1.86 bits per heavy atom. The highest BCUT2D eigenvalue weighted by atomic mass is 19.1. The Labute approximate surface area is 215 Å². The second-order valence-corrected chi connectivity index (χ2v) is 10.5. The van der Waals surface area contributed by atoms with Crippen LogP contribution in [0.3, 0.4) is 0 Å². The number of aromatic amines is 1. The number of likely N-dealkylation sites (tertiary alicyclic amines) is 1. The molecule has 0 spiro atoms. The summed E-state index contributed by atoms with van der Waals surface area (Å²) in [6.45, 7) is 3.86. The molecule has 3 heterocycles. The molecule has 0 radical (unpaired) electrons. The van der Waals surface area contributed by atoms with Gasteiger partial charge < -0.3 is 19.5 Å². The molecule has 2 aliphatic heterocycles. The summed E-state index contributed by atoms with van der Waals surface area (Å²) in [6, 6.07) is 8.94. The highest BCUT2D eigenvalue weighted by Gasteiger charge is 2.41. The minimum absolute atomic E-state index is 0.0692. The third kappa shape index (κ3) is 4.94. The van der Waals surface area contributed by atoms with Crippen LogP contribution in [-0.2, 0) is 11.2 Å². The summed E-state index contributed by atoms with van der Waals surface area (Å²) in [4.78, 5) is 22.1. The Balaban J connectivity index is 1.48. The fourth-order valence-electron chi connectivity index (χ4n) is 5.64. The summed E-state index contributed by atoms with van der Waals surface area (Å²) in [6.07, 6.45) is 0.583. The fourth-order valence-corrected chi connectivity index (χ4v) is 5.64. The third-order valence-corrected chi connectivity index (χ3v) is 7.37. The van der Waals surface area contributed by atoms with Crippen LogP contribution in [0.15, 0.2) is 36.4 Å². The van der Waals surface area contributed by atoms with Gasteiger partial charge in [0.2, 0.25) is 5.91 Å². The van der Waals surface area contributed by atoms with E-state index in [2.05, 4.69) is 4.98 Å². The number of nitrogens with zero attached hydrogens (tertiary/aromatic N) is 3. The van der Waals surface area contributed by atoms with Crippen LogP contribution in [0.4, 0.5) is 13.2 Å². The first-order chi connectivity index (χ1) is 17.8. The Bertz CT molecular complexity index is 1260. The summed E-state index contributed by atoms with van der Waals surface area (Å²) < 4.78 is 49.7. The van der Waals surface area contributed by atoms with E-state index in [4.69, 9.17) is 4.74 Å². The molecule has 1 saturated heterocycles. The fraction of sp³-hybridized carbons (Fsp3) is 0.464. The van der Waals surface area contributed by atoms with E-state index in [-0.39, 0.29) is 49.0 Å². The van der Waals surface area contributed by atoms with Gasteiger partial charge in [-0.25, -0.2) is 8.78 Å². The van der Waals surface area contributed by atoms with Gasteiger partial charge in [-0.3, -0.25) is 14.1 Å². The molecule has 3 aromatic rings. The Kier molecular flexibility index (Phi) is 7.18. The second-order valence-electron chi connectivity index (χ2n) is 10.5. The molecule has 0 unspecified atom stereocenters. The molecule has 37 heavy (non-hydrogen) atoms. The van der Waals surface area contributed by atoms with Crippen LogP contribution in [0.25, 0.3) is 10.9 Å². The standard InChI is InChI=1S/C28H33F3N4O2/c1-17-10-21-20-6-4-5-7-24(20)32-27(21)28(35(17)25(36)16-33(2)3)26-22(30)11-19(12-23(26)31)37-9-8-34-14-18(13-29)15-34/h4-7,11-12,17-18,28,32H,8-10,13-16H2,1-3H3/t17-,28-/m1/s1. The highest BCUT2D eigenvalue weighted by molar-refractivity contribution is 5.87. The van der Waals surface area contributed by atoms with Crippen molar-refractivity contribution in [3.8, 4) is 5.75 Å². The zero-order valence-electron chi connectivity index (χ0n) is 21.4. The lowest BCUT2D eigenvalue weighted by molar-refractivity contribution is -0.136. The van der Waals surface area contributed by atoms with Gasteiger partial charge in [0.1, 0.15) is 30.0 Å². The SMILES string of the molecule is C[C@@H]1Cc2c([nH]c3ccccc23)[C@@H](c2c(F)cc(OCCN3CC(CF)C3)cc2F)N1C(=O)CN(C)C. The number of benzene rings is 2. The molecule has 9 heteroatoms. The van der Waals surface area contributed by atoms with Gasteiger partial charge in [0, 0.05) is 60.3 Å². The van der Waals surface area contributed by atoms with Gasteiger partial charge in [0.15, 0.2) is 0 Å². The lowest BCUT2D eigenvalue weighted by atomic mass is 9.88. The van der Waals surface area contributed by atoms with Gasteiger partial charge in [0.25, 0.3) is 0 Å². The molecule has 1 aromatic heterocycles. The van der Waals surface area contributed by atoms with Crippen LogP contribution >= 0.6 is 0 Å². The predicted octanol–water partition coefficient (Wildman–Crippen LogP) is 4.15. The number of amides is 1. The topological polar surface area (TPSA) is 51.8 Å². The van der Waals surface area contributed by atoms with Crippen molar-refractivity contribution in [2.24, 2.45) is 5.92 Å². The number of ether oxygens (including phenoxy) is 1. The van der Waals surface area contributed by atoms with Gasteiger partial charge >= 0.3 is 0 Å². The van der Waals surface area contributed by atoms with Crippen LogP contribution in [0, 0.1) is 17.6 Å². The molecule has 1 amide bonds. The normalized spacial score (nSPS) is 20.4. The molecule has 0 bridgehead atoms. The van der Waals surface area contributed by atoms with Crippen LogP contribution < -0.4 is 4.74 Å². The van der Waals surface area contributed by atoms with Crippen molar-refractivity contribution in [1.29, 1.82) is 0 Å². The molecule has 5 rings (SSSR count). The van der Waals surface area contributed by atoms with Gasteiger partial charge in [-0.2, -0.15) is 0 Å². The number of hydrogen-bond donors (Lipinski definition) is 1. The average Bonchev–Trinajstić information content (AvgIpc) is 3.17. The van der Waals surface area contributed by atoms with Crippen LogP contribution in [0.2, 0.25) is 0 Å². The third-order valence-electron chi connectivity index (χ3n) is 7.37. The summed E-state index contributed by atoms with van der Waals surface area (Å²) in [7, 11) is 3.59. The van der Waals surface area contributed by atoms with Crippen LogP contribution in [0.1, 0.15) is 29.8 Å². The molecule has 2 atom stereocenters. The monoisotopic (exact) mass is 514 g/mol. The minimum atomic E-state index is -0.939. The zero-order valence-corrected chi connectivity index (χ0v) is 21.4. The molecule has 6 nitrogen and oxygen atoms in total. The number of H-pyrrole nitrogens is 1. The molecule has 0 saturated carbocycles. The van der Waals surface area contributed by atoms with E-state index in [1.807, 2.05) is 36.1 Å². The van der Waals surface area contributed by atoms with E-state index in [0.29, 0.717) is 31.7 Å². The number of nitrogens with one attached hydrogen (secondary N) is 1. The van der Waals surface area contributed by atoms with Crippen molar-refractivity contribution < 1.29 is 22.7 Å². The molecular formula is C28H33F3N4O2. The first-order valence-corrected chi connectivity index (χ1v) is 12.7. The van der Waals surface area contributed by atoms with E-state index in [9.17, 15) is 9.18 Å². The van der Waals surface area contributed by atoms with Crippen molar-refractivity contribution in [3.05, 3.63) is 64.9 Å². The van der Waals surface area contributed by atoms with E-state index in [1.165, 1.54) is 12.1 Å². The Morgan fingerprint density at radius 3 is 2.54 bits per heavy atom. The molecule has 2 aliphatic rings. The maximum absolute atomic E-state index is 15.7. The van der Waals surface area contributed by atoms with Crippen LogP contribution in [0.5, 0.6) is 5.75 Å². The first-order valence-electron chi connectivity index (χ1n) is 12.7. The number of hydrogen-bond acceptors (Lipinski definition) is 4. The molecule has 1 N–H and O–H groups in total. The van der Waals surface area contributed by atoms with Gasteiger partial charge in [-0.05, 0) is 39.1 Å². The molecule has 2 aromatic carbocycles. The number of alkyl halides is 1. The summed E-state index contributed by atoms with van der Waals surface area (Å²) in [5.74, 6) is -1.56. The Morgan fingerprint density at radius 1 is 1.16 bits per heavy atom. The predicted molar refractivity (Wildman–Crippen MR) is 136 cm³/mol. The maximum Gasteiger partial charge on any atom is 0.237 e. The maximum atomic E-state index is 15.7. The van der Waals surface area contributed by atoms with Gasteiger partial charge in [-0.1, -0.05) is 18.2 Å². The van der Waals surface area contributed by atoms with E-state index in [1.54, 1.807) is 23.9 Å². The number of rotatable bonds is 8. The molecular weight excluding hydrogens is 481 g/mol. The number of para-hydroxylation sites is 1. The number of aromatic nitrogens is 1. The van der Waals surface area contributed by atoms with Crippen molar-refractivity contribution >= 4 is 16.8 Å². The molecule has 198 valence electrons. The average molecular weight is 515 g/mol.